The van der Waals surface area contributed by atoms with Crippen molar-refractivity contribution in [1.82, 2.24) is 4.98 Å². The monoisotopic (exact) mass is 199 g/mol. The van der Waals surface area contributed by atoms with E-state index in [4.69, 9.17) is 14.3 Å². The molecule has 14 heavy (non-hydrogen) atoms. The molecular formula is C9H13NO4. The Hall–Kier alpha value is -1.36. The van der Waals surface area contributed by atoms with E-state index in [9.17, 15) is 4.79 Å². The highest BCUT2D eigenvalue weighted by atomic mass is 16.5. The third-order valence-electron chi connectivity index (χ3n) is 2.02. The van der Waals surface area contributed by atoms with E-state index < -0.39 is 11.6 Å². The summed E-state index contributed by atoms with van der Waals surface area (Å²) in [6.07, 6.45) is 1.21. The van der Waals surface area contributed by atoms with Gasteiger partial charge in [0.05, 0.1) is 5.69 Å². The molecule has 1 N–H and O–H groups in total. The Morgan fingerprint density at radius 1 is 1.79 bits per heavy atom. The van der Waals surface area contributed by atoms with Crippen LogP contribution in [0.25, 0.3) is 0 Å². The van der Waals surface area contributed by atoms with Crippen molar-refractivity contribution in [3.63, 3.8) is 0 Å². The van der Waals surface area contributed by atoms with Gasteiger partial charge in [-0.15, -0.1) is 0 Å². The average Bonchev–Trinajstić information content (AvgIpc) is 2.51. The predicted octanol–water partition coefficient (Wildman–Crippen LogP) is 1.32. The van der Waals surface area contributed by atoms with Gasteiger partial charge >= 0.3 is 5.97 Å². The molecule has 1 aromatic heterocycles. The molecule has 0 aliphatic rings. The number of hydrogen-bond acceptors (Lipinski definition) is 4. The van der Waals surface area contributed by atoms with Crippen molar-refractivity contribution in [2.24, 2.45) is 0 Å². The Balaban J connectivity index is 3.12. The van der Waals surface area contributed by atoms with Crippen LogP contribution in [-0.4, -0.2) is 22.7 Å². The van der Waals surface area contributed by atoms with E-state index in [2.05, 4.69) is 4.98 Å². The second-order valence-corrected chi connectivity index (χ2v) is 3.04. The predicted molar refractivity (Wildman–Crippen MR) is 47.9 cm³/mol. The summed E-state index contributed by atoms with van der Waals surface area (Å²) >= 11 is 0. The second-order valence-electron chi connectivity index (χ2n) is 3.04. The van der Waals surface area contributed by atoms with Gasteiger partial charge in [0, 0.05) is 6.61 Å². The minimum atomic E-state index is -1.45. The molecular weight excluding hydrogens is 186 g/mol. The molecule has 1 unspecified atom stereocenters. The minimum Gasteiger partial charge on any atom is -0.479 e. The van der Waals surface area contributed by atoms with Gasteiger partial charge in [0.15, 0.2) is 12.2 Å². The van der Waals surface area contributed by atoms with E-state index in [0.29, 0.717) is 12.3 Å². The van der Waals surface area contributed by atoms with Crippen LogP contribution < -0.4 is 0 Å². The summed E-state index contributed by atoms with van der Waals surface area (Å²) in [5.41, 5.74) is -0.918. The average molecular weight is 199 g/mol. The van der Waals surface area contributed by atoms with Crippen LogP contribution in [0.3, 0.4) is 0 Å². The van der Waals surface area contributed by atoms with Crippen LogP contribution in [0.15, 0.2) is 10.8 Å². The summed E-state index contributed by atoms with van der Waals surface area (Å²) in [5, 5.41) is 9.05. The third-order valence-corrected chi connectivity index (χ3v) is 2.02. The lowest BCUT2D eigenvalue weighted by molar-refractivity contribution is -0.167. The molecule has 1 heterocycles. The zero-order chi connectivity index (χ0) is 10.8. The molecule has 0 aliphatic heterocycles. The third kappa shape index (κ3) is 1.63. The van der Waals surface area contributed by atoms with Gasteiger partial charge in [-0.2, -0.15) is 0 Å². The maximum Gasteiger partial charge on any atom is 0.343 e. The highest BCUT2D eigenvalue weighted by molar-refractivity contribution is 5.78. The number of oxazole rings is 1. The van der Waals surface area contributed by atoms with Gasteiger partial charge in [-0.1, -0.05) is 0 Å². The molecule has 0 saturated heterocycles. The molecule has 0 radical (unpaired) electrons. The van der Waals surface area contributed by atoms with Crippen molar-refractivity contribution in [3.8, 4) is 0 Å². The topological polar surface area (TPSA) is 72.6 Å². The highest BCUT2D eigenvalue weighted by Gasteiger charge is 2.41. The first kappa shape index (κ1) is 10.7. The summed E-state index contributed by atoms with van der Waals surface area (Å²) in [6.45, 7) is 5.15. The fraction of sp³-hybridized carbons (Fsp3) is 0.556. The number of carbonyl (C=O) groups is 1. The Morgan fingerprint density at radius 2 is 2.43 bits per heavy atom. The number of nitrogens with zero attached hydrogens (tertiary/aromatic N) is 1. The first-order valence-corrected chi connectivity index (χ1v) is 4.30. The number of ether oxygens (including phenoxy) is 1. The smallest absolute Gasteiger partial charge is 0.343 e. The maximum atomic E-state index is 11.0. The first-order chi connectivity index (χ1) is 6.52. The summed E-state index contributed by atoms with van der Waals surface area (Å²) in [4.78, 5) is 14.9. The second kappa shape index (κ2) is 3.79. The molecule has 0 spiro atoms. The molecule has 0 aliphatic carbocycles. The van der Waals surface area contributed by atoms with Crippen LogP contribution in [0.2, 0.25) is 0 Å². The van der Waals surface area contributed by atoms with Crippen molar-refractivity contribution in [2.45, 2.75) is 26.4 Å². The van der Waals surface area contributed by atoms with E-state index in [1.165, 1.54) is 13.3 Å². The molecule has 0 saturated carbocycles. The quantitative estimate of drug-likeness (QED) is 0.791. The zero-order valence-corrected chi connectivity index (χ0v) is 8.40. The molecule has 1 aromatic rings. The number of aliphatic carboxylic acids is 1. The van der Waals surface area contributed by atoms with Gasteiger partial charge in [0.2, 0.25) is 5.60 Å². The largest absolute Gasteiger partial charge is 0.479 e. The summed E-state index contributed by atoms with van der Waals surface area (Å²) in [5.74, 6) is -0.842. The molecule has 1 rings (SSSR count). The molecule has 0 bridgehead atoms. The van der Waals surface area contributed by atoms with Crippen molar-refractivity contribution in [2.75, 3.05) is 6.61 Å². The van der Waals surface area contributed by atoms with Crippen LogP contribution >= 0.6 is 0 Å². The fourth-order valence-electron chi connectivity index (χ4n) is 1.27. The van der Waals surface area contributed by atoms with E-state index in [1.807, 2.05) is 0 Å². The lowest BCUT2D eigenvalue weighted by atomic mass is 10.0. The first-order valence-electron chi connectivity index (χ1n) is 4.30. The Kier molecular flexibility index (Phi) is 2.90. The van der Waals surface area contributed by atoms with Crippen molar-refractivity contribution < 1.29 is 19.1 Å². The van der Waals surface area contributed by atoms with E-state index in [1.54, 1.807) is 13.8 Å². The number of aryl methyl sites for hydroxylation is 1. The number of aromatic nitrogens is 1. The van der Waals surface area contributed by atoms with Crippen LogP contribution in [0, 0.1) is 6.92 Å². The minimum absolute atomic E-state index is 0.242. The number of rotatable bonds is 4. The molecule has 1 atom stereocenters. The fourth-order valence-corrected chi connectivity index (χ4v) is 1.27. The lowest BCUT2D eigenvalue weighted by Crippen LogP contribution is -2.35. The van der Waals surface area contributed by atoms with Crippen molar-refractivity contribution >= 4 is 5.97 Å². The van der Waals surface area contributed by atoms with Gasteiger partial charge in [0.1, 0.15) is 0 Å². The highest BCUT2D eigenvalue weighted by Crippen LogP contribution is 2.27. The molecule has 5 heteroatoms. The Morgan fingerprint density at radius 3 is 2.79 bits per heavy atom. The maximum absolute atomic E-state index is 11.0. The van der Waals surface area contributed by atoms with Gasteiger partial charge < -0.3 is 14.3 Å². The summed E-state index contributed by atoms with van der Waals surface area (Å²) in [7, 11) is 0. The molecule has 5 nitrogen and oxygen atoms in total. The van der Waals surface area contributed by atoms with Gasteiger partial charge in [-0.05, 0) is 20.8 Å². The van der Waals surface area contributed by atoms with Crippen LogP contribution in [0.4, 0.5) is 0 Å². The van der Waals surface area contributed by atoms with E-state index in [0.717, 1.165) is 0 Å². The summed E-state index contributed by atoms with van der Waals surface area (Å²) < 4.78 is 10.2. The van der Waals surface area contributed by atoms with Crippen LogP contribution in [0.5, 0.6) is 0 Å². The molecule has 0 aromatic carbocycles. The Bertz CT molecular complexity index is 333. The number of carboxylic acid groups (broad SMARTS) is 1. The van der Waals surface area contributed by atoms with Crippen LogP contribution in [-0.2, 0) is 15.1 Å². The zero-order valence-electron chi connectivity index (χ0n) is 8.40. The molecule has 0 amide bonds. The summed E-state index contributed by atoms with van der Waals surface area (Å²) in [6, 6.07) is 0. The lowest BCUT2D eigenvalue weighted by Gasteiger charge is -2.22. The van der Waals surface area contributed by atoms with Crippen molar-refractivity contribution in [1.29, 1.82) is 0 Å². The van der Waals surface area contributed by atoms with Gasteiger partial charge in [0.25, 0.3) is 0 Å². The standard InChI is InChI=1S/C9H13NO4/c1-4-14-9(3,8(11)12)7-6(2)10-5-13-7/h5H,4H2,1-3H3,(H,11,12). The normalized spacial score (nSPS) is 15.1. The number of carboxylic acids is 1. The van der Waals surface area contributed by atoms with Crippen molar-refractivity contribution in [3.05, 3.63) is 17.8 Å². The van der Waals surface area contributed by atoms with Crippen LogP contribution in [0.1, 0.15) is 25.3 Å². The Labute approximate surface area is 81.7 Å². The van der Waals surface area contributed by atoms with E-state index >= 15 is 0 Å². The van der Waals surface area contributed by atoms with Gasteiger partial charge in [-0.25, -0.2) is 9.78 Å². The molecule has 0 fully saturated rings. The SMILES string of the molecule is CCOC(C)(C(=O)O)c1ocnc1C. The molecule has 78 valence electrons. The van der Waals surface area contributed by atoms with Gasteiger partial charge in [-0.3, -0.25) is 0 Å². The number of hydrogen-bond donors (Lipinski definition) is 1. The van der Waals surface area contributed by atoms with E-state index in [-0.39, 0.29) is 5.76 Å².